The van der Waals surface area contributed by atoms with E-state index in [1.165, 1.54) is 26.1 Å². The quantitative estimate of drug-likeness (QED) is 0.412. The highest BCUT2D eigenvalue weighted by atomic mass is 35.5. The molecule has 1 N–H and O–H groups in total. The maximum Gasteiger partial charge on any atom is 0.433 e. The summed E-state index contributed by atoms with van der Waals surface area (Å²) in [6.07, 6.45) is -0.927. The molecule has 0 aliphatic rings. The van der Waals surface area contributed by atoms with Crippen LogP contribution >= 0.6 is 11.6 Å². The van der Waals surface area contributed by atoms with Crippen LogP contribution in [0.3, 0.4) is 0 Å². The second-order valence-corrected chi connectivity index (χ2v) is 8.92. The van der Waals surface area contributed by atoms with Gasteiger partial charge in [0.15, 0.2) is 11.3 Å². The van der Waals surface area contributed by atoms with Gasteiger partial charge in [0.05, 0.1) is 6.20 Å². The lowest BCUT2D eigenvalue weighted by atomic mass is 9.87. The molecule has 0 bridgehead atoms. The van der Waals surface area contributed by atoms with Gasteiger partial charge in [0.1, 0.15) is 12.1 Å². The van der Waals surface area contributed by atoms with Gasteiger partial charge in [-0.1, -0.05) is 23.7 Å². The number of nitrogens with zero attached hydrogens (tertiary/aromatic N) is 3. The summed E-state index contributed by atoms with van der Waals surface area (Å²) >= 11 is 5.97. The number of hydrogen-bond acceptors (Lipinski definition) is 5. The third-order valence-corrected chi connectivity index (χ3v) is 5.58. The summed E-state index contributed by atoms with van der Waals surface area (Å²) < 4.78 is 58.2. The lowest BCUT2D eigenvalue weighted by molar-refractivity contribution is -0.141. The van der Waals surface area contributed by atoms with Gasteiger partial charge in [-0.25, -0.2) is 14.4 Å². The maximum absolute atomic E-state index is 13.9. The van der Waals surface area contributed by atoms with Crippen molar-refractivity contribution in [2.45, 2.75) is 50.9 Å². The first-order chi connectivity index (χ1) is 16.3. The number of amides is 1. The van der Waals surface area contributed by atoms with Crippen LogP contribution < -0.4 is 10.1 Å². The number of benzene rings is 1. The normalized spacial score (nSPS) is 13.7. The van der Waals surface area contributed by atoms with Gasteiger partial charge in [-0.05, 0) is 56.5 Å². The number of nitrogens with one attached hydrogen (secondary N) is 1. The highest BCUT2D eigenvalue weighted by Crippen LogP contribution is 2.30. The molecule has 35 heavy (non-hydrogen) atoms. The minimum Gasteiger partial charge on any atom is -0.461 e. The van der Waals surface area contributed by atoms with Crippen molar-refractivity contribution in [3.8, 4) is 5.88 Å². The fourth-order valence-corrected chi connectivity index (χ4v) is 3.55. The number of hydrogen-bond donors (Lipinski definition) is 1. The van der Waals surface area contributed by atoms with Crippen LogP contribution in [-0.2, 0) is 17.4 Å². The standard InChI is InChI=1S/C24H23ClF4N4O2/c1-14(19(16-9-18(26)12-30-11-16)8-15-4-6-17(25)7-5-15)33-22(34)23(2,3)35-21-10-20(24(27,28)29)31-13-32-21/h4-7,9-14,19H,8H2,1-3H3,(H,33,34). The van der Waals surface area contributed by atoms with E-state index in [0.717, 1.165) is 11.8 Å². The number of aromatic nitrogens is 3. The Morgan fingerprint density at radius 3 is 2.43 bits per heavy atom. The smallest absolute Gasteiger partial charge is 0.433 e. The Morgan fingerprint density at radius 1 is 1.11 bits per heavy atom. The first-order valence-electron chi connectivity index (χ1n) is 10.6. The number of rotatable bonds is 8. The summed E-state index contributed by atoms with van der Waals surface area (Å²) in [6.45, 7) is 4.55. The van der Waals surface area contributed by atoms with Crippen molar-refractivity contribution in [3.63, 3.8) is 0 Å². The van der Waals surface area contributed by atoms with E-state index < -0.39 is 41.1 Å². The Labute approximate surface area is 204 Å². The third-order valence-electron chi connectivity index (χ3n) is 5.32. The molecule has 0 spiro atoms. The zero-order valence-electron chi connectivity index (χ0n) is 19.1. The molecule has 2 aromatic heterocycles. The monoisotopic (exact) mass is 510 g/mol. The molecule has 11 heteroatoms. The maximum atomic E-state index is 13.9. The fourth-order valence-electron chi connectivity index (χ4n) is 3.43. The summed E-state index contributed by atoms with van der Waals surface area (Å²) in [7, 11) is 0. The molecule has 186 valence electrons. The molecule has 0 radical (unpaired) electrons. The molecule has 1 aromatic carbocycles. The second kappa shape index (κ2) is 10.6. The van der Waals surface area contributed by atoms with E-state index in [0.29, 0.717) is 29.4 Å². The average molecular weight is 511 g/mol. The van der Waals surface area contributed by atoms with Crippen LogP contribution in [0.2, 0.25) is 5.02 Å². The number of pyridine rings is 1. The van der Waals surface area contributed by atoms with Crippen LogP contribution in [0.15, 0.2) is 55.1 Å². The van der Waals surface area contributed by atoms with Crippen molar-refractivity contribution >= 4 is 17.5 Å². The molecule has 2 unspecified atom stereocenters. The topological polar surface area (TPSA) is 77.0 Å². The molecule has 0 fully saturated rings. The fraction of sp³-hybridized carbons (Fsp3) is 0.333. The predicted octanol–water partition coefficient (Wildman–Crippen LogP) is 5.37. The lowest BCUT2D eigenvalue weighted by Crippen LogP contribution is -2.51. The molecule has 0 aliphatic heterocycles. The minimum absolute atomic E-state index is 0.380. The Morgan fingerprint density at radius 2 is 1.80 bits per heavy atom. The summed E-state index contributed by atoms with van der Waals surface area (Å²) in [5.74, 6) is -1.89. The van der Waals surface area contributed by atoms with Crippen molar-refractivity contribution in [3.05, 3.63) is 82.8 Å². The second-order valence-electron chi connectivity index (χ2n) is 8.49. The molecule has 0 aliphatic carbocycles. The van der Waals surface area contributed by atoms with Crippen LogP contribution in [0.5, 0.6) is 5.88 Å². The van der Waals surface area contributed by atoms with Gasteiger partial charge < -0.3 is 10.1 Å². The number of carbonyl (C=O) groups is 1. The molecular formula is C24H23ClF4N4O2. The molecule has 0 saturated carbocycles. The van der Waals surface area contributed by atoms with Crippen molar-refractivity contribution in [2.24, 2.45) is 0 Å². The van der Waals surface area contributed by atoms with Crippen LogP contribution in [0.1, 0.15) is 43.5 Å². The van der Waals surface area contributed by atoms with E-state index in [1.807, 2.05) is 12.1 Å². The first kappa shape index (κ1) is 26.3. The van der Waals surface area contributed by atoms with E-state index in [1.54, 1.807) is 19.1 Å². The molecule has 0 saturated heterocycles. The molecule has 1 amide bonds. The Kier molecular flexibility index (Phi) is 7.94. The first-order valence-corrected chi connectivity index (χ1v) is 11.0. The summed E-state index contributed by atoms with van der Waals surface area (Å²) in [4.78, 5) is 23.8. The number of ether oxygens (including phenoxy) is 1. The van der Waals surface area contributed by atoms with Gasteiger partial charge in [-0.2, -0.15) is 13.2 Å². The van der Waals surface area contributed by atoms with Crippen molar-refractivity contribution in [1.82, 2.24) is 20.3 Å². The van der Waals surface area contributed by atoms with Gasteiger partial charge in [0, 0.05) is 29.2 Å². The Hall–Kier alpha value is -3.27. The highest BCUT2D eigenvalue weighted by molar-refractivity contribution is 6.30. The molecule has 2 atom stereocenters. The number of carbonyl (C=O) groups excluding carboxylic acids is 1. The van der Waals surface area contributed by atoms with Gasteiger partial charge in [-0.3, -0.25) is 9.78 Å². The third kappa shape index (κ3) is 7.11. The zero-order chi connectivity index (χ0) is 25.8. The van der Waals surface area contributed by atoms with Gasteiger partial charge in [0.2, 0.25) is 5.88 Å². The van der Waals surface area contributed by atoms with Crippen molar-refractivity contribution in [1.29, 1.82) is 0 Å². The average Bonchev–Trinajstić information content (AvgIpc) is 2.78. The van der Waals surface area contributed by atoms with Gasteiger partial charge in [0.25, 0.3) is 5.91 Å². The minimum atomic E-state index is -4.68. The summed E-state index contributed by atoms with van der Waals surface area (Å²) in [5, 5.41) is 3.40. The SMILES string of the molecule is CC(NC(=O)C(C)(C)Oc1cc(C(F)(F)F)ncn1)C(Cc1ccc(Cl)cc1)c1cncc(F)c1. The number of halogens is 5. The van der Waals surface area contributed by atoms with Crippen LogP contribution in [-0.4, -0.2) is 32.5 Å². The van der Waals surface area contributed by atoms with E-state index in [9.17, 15) is 22.4 Å². The van der Waals surface area contributed by atoms with Gasteiger partial charge in [-0.15, -0.1) is 0 Å². The van der Waals surface area contributed by atoms with E-state index in [2.05, 4.69) is 20.3 Å². The van der Waals surface area contributed by atoms with Gasteiger partial charge >= 0.3 is 6.18 Å². The Balaban J connectivity index is 1.79. The lowest BCUT2D eigenvalue weighted by Gasteiger charge is -2.30. The molecular weight excluding hydrogens is 488 g/mol. The predicted molar refractivity (Wildman–Crippen MR) is 121 cm³/mol. The van der Waals surface area contributed by atoms with Crippen LogP contribution in [0.4, 0.5) is 17.6 Å². The van der Waals surface area contributed by atoms with Crippen molar-refractivity contribution < 1.29 is 27.1 Å². The van der Waals surface area contributed by atoms with Crippen LogP contribution in [0.25, 0.3) is 0 Å². The molecule has 2 heterocycles. The van der Waals surface area contributed by atoms with E-state index in [4.69, 9.17) is 16.3 Å². The highest BCUT2D eigenvalue weighted by Gasteiger charge is 2.36. The Bertz CT molecular complexity index is 1170. The molecule has 3 aromatic rings. The molecule has 6 nitrogen and oxygen atoms in total. The zero-order valence-corrected chi connectivity index (χ0v) is 19.9. The number of alkyl halides is 3. The van der Waals surface area contributed by atoms with Crippen molar-refractivity contribution in [2.75, 3.05) is 0 Å². The van der Waals surface area contributed by atoms with E-state index >= 15 is 0 Å². The molecule has 3 rings (SSSR count). The summed E-state index contributed by atoms with van der Waals surface area (Å²) in [6, 6.07) is 8.57. The summed E-state index contributed by atoms with van der Waals surface area (Å²) in [5.41, 5.74) is -1.29. The largest absolute Gasteiger partial charge is 0.461 e. The van der Waals surface area contributed by atoms with Crippen LogP contribution in [0, 0.1) is 5.82 Å². The van der Waals surface area contributed by atoms with E-state index in [-0.39, 0.29) is 5.92 Å².